The Morgan fingerprint density at radius 2 is 2.07 bits per heavy atom. The van der Waals surface area contributed by atoms with E-state index in [1.165, 1.54) is 0 Å². The molecule has 1 aromatic rings. The van der Waals surface area contributed by atoms with Crippen LogP contribution in [0.5, 0.6) is 0 Å². The van der Waals surface area contributed by atoms with Gasteiger partial charge in [-0.2, -0.15) is 0 Å². The molecule has 0 atom stereocenters. The number of carbonyl (C=O) groups is 1. The molecule has 0 radical (unpaired) electrons. The van der Waals surface area contributed by atoms with Gasteiger partial charge in [-0.05, 0) is 42.5 Å². The second-order valence-electron chi connectivity index (χ2n) is 4.10. The Morgan fingerprint density at radius 3 is 2.53 bits per heavy atom. The first kappa shape index (κ1) is 12.2. The lowest BCUT2D eigenvalue weighted by atomic mass is 9.94. The molecular weight excluding hydrogens is 256 g/mol. The van der Waals surface area contributed by atoms with Crippen molar-refractivity contribution in [1.29, 1.82) is 0 Å². The zero-order valence-electron chi connectivity index (χ0n) is 9.17. The van der Waals surface area contributed by atoms with Crippen LogP contribution in [0.25, 0.3) is 0 Å². The first-order valence-corrected chi connectivity index (χ1v) is 5.74. The topological polar surface area (TPSA) is 37.3 Å². The van der Waals surface area contributed by atoms with Gasteiger partial charge in [0, 0.05) is 4.47 Å². The number of carboxylic acid groups (broad SMARTS) is 1. The molecule has 2 nitrogen and oxygen atoms in total. The van der Waals surface area contributed by atoms with E-state index >= 15 is 0 Å². The van der Waals surface area contributed by atoms with Gasteiger partial charge in [-0.3, -0.25) is 0 Å². The molecule has 0 amide bonds. The highest BCUT2D eigenvalue weighted by Gasteiger charge is 2.14. The Balaban J connectivity index is 3.28. The highest BCUT2D eigenvalue weighted by molar-refractivity contribution is 9.10. The van der Waals surface area contributed by atoms with Crippen LogP contribution in [0.2, 0.25) is 0 Å². The van der Waals surface area contributed by atoms with Gasteiger partial charge in [0.15, 0.2) is 0 Å². The number of halogens is 1. The Bertz CT molecular complexity index is 383. The van der Waals surface area contributed by atoms with Crippen molar-refractivity contribution in [3.8, 4) is 0 Å². The molecule has 0 saturated heterocycles. The van der Waals surface area contributed by atoms with Crippen LogP contribution in [0.4, 0.5) is 0 Å². The Labute approximate surface area is 98.4 Å². The molecule has 0 aliphatic rings. The van der Waals surface area contributed by atoms with E-state index in [1.54, 1.807) is 12.1 Å². The molecule has 0 saturated carbocycles. The van der Waals surface area contributed by atoms with Crippen molar-refractivity contribution in [2.45, 2.75) is 27.2 Å². The van der Waals surface area contributed by atoms with Crippen LogP contribution in [0.1, 0.15) is 35.3 Å². The second kappa shape index (κ2) is 4.79. The third kappa shape index (κ3) is 2.81. The minimum absolute atomic E-state index is 0.421. The Morgan fingerprint density at radius 1 is 1.47 bits per heavy atom. The molecule has 0 aliphatic carbocycles. The molecule has 0 unspecified atom stereocenters. The summed E-state index contributed by atoms with van der Waals surface area (Å²) < 4.78 is 0.975. The maximum atomic E-state index is 11.1. The van der Waals surface area contributed by atoms with Crippen molar-refractivity contribution in [2.75, 3.05) is 0 Å². The summed E-state index contributed by atoms with van der Waals surface area (Å²) in [7, 11) is 0. The molecule has 0 spiro atoms. The monoisotopic (exact) mass is 270 g/mol. The fraction of sp³-hybridized carbons (Fsp3) is 0.417. The van der Waals surface area contributed by atoms with Crippen molar-refractivity contribution in [1.82, 2.24) is 0 Å². The lowest BCUT2D eigenvalue weighted by molar-refractivity contribution is 0.0695. The van der Waals surface area contributed by atoms with E-state index in [9.17, 15) is 4.79 Å². The van der Waals surface area contributed by atoms with Gasteiger partial charge in [0.25, 0.3) is 0 Å². The molecule has 1 rings (SSSR count). The smallest absolute Gasteiger partial charge is 0.335 e. The van der Waals surface area contributed by atoms with E-state index in [-0.39, 0.29) is 0 Å². The van der Waals surface area contributed by atoms with Crippen LogP contribution in [-0.2, 0) is 6.42 Å². The number of hydrogen-bond acceptors (Lipinski definition) is 1. The van der Waals surface area contributed by atoms with Crippen molar-refractivity contribution >= 4 is 21.9 Å². The fourth-order valence-electron chi connectivity index (χ4n) is 1.60. The molecule has 0 fully saturated rings. The number of rotatable bonds is 3. The van der Waals surface area contributed by atoms with Crippen molar-refractivity contribution in [3.05, 3.63) is 33.3 Å². The highest BCUT2D eigenvalue weighted by atomic mass is 79.9. The van der Waals surface area contributed by atoms with Crippen LogP contribution in [-0.4, -0.2) is 11.1 Å². The number of benzene rings is 1. The van der Waals surface area contributed by atoms with Gasteiger partial charge in [0.05, 0.1) is 5.56 Å². The average molecular weight is 271 g/mol. The van der Waals surface area contributed by atoms with Crippen LogP contribution in [0.3, 0.4) is 0 Å². The SMILES string of the molecule is Cc1c(Br)ccc(C(=O)O)c1CC(C)C. The number of aromatic carboxylic acids is 1. The first-order valence-electron chi connectivity index (χ1n) is 4.94. The molecular formula is C12H15BrO2. The van der Waals surface area contributed by atoms with E-state index in [4.69, 9.17) is 5.11 Å². The molecule has 0 bridgehead atoms. The molecule has 1 aromatic carbocycles. The summed E-state index contributed by atoms with van der Waals surface area (Å²) in [5, 5.41) is 9.08. The summed E-state index contributed by atoms with van der Waals surface area (Å²) in [6, 6.07) is 3.46. The summed E-state index contributed by atoms with van der Waals surface area (Å²) in [5.41, 5.74) is 2.39. The van der Waals surface area contributed by atoms with E-state index in [2.05, 4.69) is 29.8 Å². The molecule has 1 N–H and O–H groups in total. The lowest BCUT2D eigenvalue weighted by Gasteiger charge is -2.13. The van der Waals surface area contributed by atoms with Gasteiger partial charge >= 0.3 is 5.97 Å². The summed E-state index contributed by atoms with van der Waals surface area (Å²) in [5.74, 6) is -0.391. The minimum Gasteiger partial charge on any atom is -0.478 e. The summed E-state index contributed by atoms with van der Waals surface area (Å²) in [6.45, 7) is 6.13. The van der Waals surface area contributed by atoms with Crippen molar-refractivity contribution < 1.29 is 9.90 Å². The number of hydrogen-bond donors (Lipinski definition) is 1. The largest absolute Gasteiger partial charge is 0.478 e. The van der Waals surface area contributed by atoms with Crippen molar-refractivity contribution in [2.24, 2.45) is 5.92 Å². The van der Waals surface area contributed by atoms with Gasteiger partial charge in [0.1, 0.15) is 0 Å². The van der Waals surface area contributed by atoms with Crippen LogP contribution in [0, 0.1) is 12.8 Å². The summed E-state index contributed by atoms with van der Waals surface area (Å²) >= 11 is 3.43. The zero-order valence-corrected chi connectivity index (χ0v) is 10.8. The predicted molar refractivity (Wildman–Crippen MR) is 64.4 cm³/mol. The second-order valence-corrected chi connectivity index (χ2v) is 4.96. The maximum absolute atomic E-state index is 11.1. The summed E-state index contributed by atoms with van der Waals surface area (Å²) in [4.78, 5) is 11.1. The molecule has 0 heterocycles. The maximum Gasteiger partial charge on any atom is 0.335 e. The quantitative estimate of drug-likeness (QED) is 0.911. The zero-order chi connectivity index (χ0) is 11.6. The predicted octanol–water partition coefficient (Wildman–Crippen LogP) is 3.65. The first-order chi connectivity index (χ1) is 6.93. The molecule has 0 aliphatic heterocycles. The average Bonchev–Trinajstić information content (AvgIpc) is 2.12. The van der Waals surface area contributed by atoms with Gasteiger partial charge < -0.3 is 5.11 Å². The van der Waals surface area contributed by atoms with Crippen LogP contribution in [0.15, 0.2) is 16.6 Å². The molecule has 15 heavy (non-hydrogen) atoms. The van der Waals surface area contributed by atoms with E-state index in [1.807, 2.05) is 6.92 Å². The lowest BCUT2D eigenvalue weighted by Crippen LogP contribution is -2.07. The van der Waals surface area contributed by atoms with Gasteiger partial charge in [0.2, 0.25) is 0 Å². The van der Waals surface area contributed by atoms with Crippen LogP contribution >= 0.6 is 15.9 Å². The molecule has 82 valence electrons. The Kier molecular flexibility index (Phi) is 3.91. The van der Waals surface area contributed by atoms with Gasteiger partial charge in [-0.1, -0.05) is 29.8 Å². The third-order valence-electron chi connectivity index (χ3n) is 2.38. The fourth-order valence-corrected chi connectivity index (χ4v) is 1.97. The van der Waals surface area contributed by atoms with Crippen LogP contribution < -0.4 is 0 Å². The number of carboxylic acids is 1. The molecule has 3 heteroatoms. The van der Waals surface area contributed by atoms with Crippen molar-refractivity contribution in [3.63, 3.8) is 0 Å². The minimum atomic E-state index is -0.846. The summed E-state index contributed by atoms with van der Waals surface area (Å²) in [6.07, 6.45) is 0.799. The van der Waals surface area contributed by atoms with Gasteiger partial charge in [-0.25, -0.2) is 4.79 Å². The highest BCUT2D eigenvalue weighted by Crippen LogP contribution is 2.25. The molecule has 0 aromatic heterocycles. The Hall–Kier alpha value is -0.830. The third-order valence-corrected chi connectivity index (χ3v) is 3.23. The standard InChI is InChI=1S/C12H15BrO2/c1-7(2)6-10-8(3)11(13)5-4-9(10)12(14)15/h4-5,7H,6H2,1-3H3,(H,14,15). The van der Waals surface area contributed by atoms with E-state index in [0.717, 1.165) is 22.0 Å². The normalized spacial score (nSPS) is 10.7. The van der Waals surface area contributed by atoms with Gasteiger partial charge in [-0.15, -0.1) is 0 Å². The van der Waals surface area contributed by atoms with E-state index in [0.29, 0.717) is 11.5 Å². The van der Waals surface area contributed by atoms with E-state index < -0.39 is 5.97 Å².